The van der Waals surface area contributed by atoms with Crippen LogP contribution in [0.15, 0.2) is 36.5 Å². The molecule has 0 atom stereocenters. The van der Waals surface area contributed by atoms with E-state index in [1.807, 2.05) is 12.1 Å². The Labute approximate surface area is 187 Å². The van der Waals surface area contributed by atoms with Gasteiger partial charge in [0.25, 0.3) is 5.91 Å². The molecule has 0 spiro atoms. The summed E-state index contributed by atoms with van der Waals surface area (Å²) < 4.78 is 18.3. The molecule has 0 saturated carbocycles. The lowest BCUT2D eigenvalue weighted by molar-refractivity contribution is -0.0283. The van der Waals surface area contributed by atoms with E-state index in [0.717, 1.165) is 58.9 Å². The Morgan fingerprint density at radius 3 is 2.65 bits per heavy atom. The molecule has 3 heterocycles. The average molecular weight is 449 g/mol. The monoisotopic (exact) mass is 448 g/mol. The van der Waals surface area contributed by atoms with Gasteiger partial charge in [0, 0.05) is 51.0 Å². The van der Waals surface area contributed by atoms with Gasteiger partial charge in [0.15, 0.2) is 6.73 Å². The number of carbonyl (C=O) groups excluding carboxylic acids is 1. The van der Waals surface area contributed by atoms with Crippen LogP contribution in [0.25, 0.3) is 0 Å². The van der Waals surface area contributed by atoms with Gasteiger partial charge < -0.3 is 19.5 Å². The highest BCUT2D eigenvalue weighted by molar-refractivity contribution is 6.32. The van der Waals surface area contributed by atoms with E-state index in [1.54, 1.807) is 29.1 Å². The number of hydrogen-bond acceptors (Lipinski definition) is 6. The van der Waals surface area contributed by atoms with Crippen molar-refractivity contribution in [3.8, 4) is 5.75 Å². The normalized spacial score (nSPS) is 19.1. The van der Waals surface area contributed by atoms with Crippen molar-refractivity contribution in [1.82, 2.24) is 20.0 Å². The second kappa shape index (κ2) is 10.5. The van der Waals surface area contributed by atoms with Gasteiger partial charge in [-0.3, -0.25) is 9.69 Å². The van der Waals surface area contributed by atoms with Gasteiger partial charge in [-0.05, 0) is 31.0 Å². The Balaban J connectivity index is 1.32. The number of amides is 1. The summed E-state index contributed by atoms with van der Waals surface area (Å²) in [6.07, 6.45) is 3.60. The minimum absolute atomic E-state index is 0.0149. The third-order valence-corrected chi connectivity index (χ3v) is 6.21. The van der Waals surface area contributed by atoms with Crippen LogP contribution in [0.5, 0.6) is 5.75 Å². The van der Waals surface area contributed by atoms with Crippen LogP contribution in [-0.2, 0) is 16.2 Å². The maximum absolute atomic E-state index is 12.7. The fourth-order valence-corrected chi connectivity index (χ4v) is 4.23. The number of para-hydroxylation sites is 1. The third-order valence-electron chi connectivity index (χ3n) is 5.90. The maximum atomic E-state index is 12.7. The predicted molar refractivity (Wildman–Crippen MR) is 116 cm³/mol. The lowest BCUT2D eigenvalue weighted by atomic mass is 9.79. The van der Waals surface area contributed by atoms with Gasteiger partial charge in [-0.2, -0.15) is 5.10 Å². The van der Waals surface area contributed by atoms with Crippen molar-refractivity contribution in [2.75, 3.05) is 52.6 Å². The first-order chi connectivity index (χ1) is 15.1. The second-order valence-electron chi connectivity index (χ2n) is 8.13. The number of halogens is 1. The highest BCUT2D eigenvalue weighted by atomic mass is 35.5. The summed E-state index contributed by atoms with van der Waals surface area (Å²) >= 11 is 6.11. The fraction of sp³-hybridized carbons (Fsp3) is 0.545. The van der Waals surface area contributed by atoms with Crippen molar-refractivity contribution < 1.29 is 19.0 Å². The number of rotatable bonds is 8. The van der Waals surface area contributed by atoms with E-state index in [1.165, 1.54) is 0 Å². The highest BCUT2D eigenvalue weighted by Gasteiger charge is 2.35. The standard InChI is InChI=1S/C22H29ClN4O4/c23-18-3-1-2-4-20(18)31-17-27-8-5-19(25-27)21(28)24-15-22(6-11-29-12-7-22)16-26-9-13-30-14-10-26/h1-5,8H,6-7,9-17H2,(H,24,28). The maximum Gasteiger partial charge on any atom is 0.271 e. The van der Waals surface area contributed by atoms with Gasteiger partial charge in [-0.15, -0.1) is 0 Å². The van der Waals surface area contributed by atoms with E-state index < -0.39 is 0 Å². The SMILES string of the molecule is O=C(NCC1(CN2CCOCC2)CCOCC1)c1ccn(COc2ccccc2Cl)n1. The Morgan fingerprint density at radius 1 is 1.13 bits per heavy atom. The number of aromatic nitrogens is 2. The first kappa shape index (κ1) is 22.1. The summed E-state index contributed by atoms with van der Waals surface area (Å²) in [6.45, 7) is 6.60. The quantitative estimate of drug-likeness (QED) is 0.668. The first-order valence-electron chi connectivity index (χ1n) is 10.7. The van der Waals surface area contributed by atoms with Crippen molar-refractivity contribution in [3.05, 3.63) is 47.2 Å². The van der Waals surface area contributed by atoms with E-state index in [-0.39, 0.29) is 18.1 Å². The van der Waals surface area contributed by atoms with Crippen LogP contribution in [0.3, 0.4) is 0 Å². The van der Waals surface area contributed by atoms with Crippen molar-refractivity contribution >= 4 is 17.5 Å². The summed E-state index contributed by atoms with van der Waals surface area (Å²) in [5.41, 5.74) is 0.386. The van der Waals surface area contributed by atoms with E-state index in [0.29, 0.717) is 23.0 Å². The Hall–Kier alpha value is -2.13. The minimum atomic E-state index is -0.177. The lowest BCUT2D eigenvalue weighted by Gasteiger charge is -2.42. The highest BCUT2D eigenvalue weighted by Crippen LogP contribution is 2.31. The van der Waals surface area contributed by atoms with Crippen LogP contribution in [0.2, 0.25) is 5.02 Å². The molecule has 2 aliphatic rings. The van der Waals surface area contributed by atoms with Crippen LogP contribution in [0, 0.1) is 5.41 Å². The molecule has 1 amide bonds. The van der Waals surface area contributed by atoms with Crippen molar-refractivity contribution in [1.29, 1.82) is 0 Å². The molecule has 2 aliphatic heterocycles. The topological polar surface area (TPSA) is 77.9 Å². The molecule has 4 rings (SSSR count). The zero-order chi connectivity index (χ0) is 21.5. The average Bonchev–Trinajstić information content (AvgIpc) is 3.28. The van der Waals surface area contributed by atoms with Crippen LogP contribution in [0.1, 0.15) is 23.3 Å². The molecule has 0 radical (unpaired) electrons. The molecule has 0 unspecified atom stereocenters. The minimum Gasteiger partial charge on any atom is -0.470 e. The molecule has 31 heavy (non-hydrogen) atoms. The second-order valence-corrected chi connectivity index (χ2v) is 8.54. The summed E-state index contributed by atoms with van der Waals surface area (Å²) in [6, 6.07) is 8.95. The Morgan fingerprint density at radius 2 is 1.87 bits per heavy atom. The van der Waals surface area contributed by atoms with Crippen molar-refractivity contribution in [2.45, 2.75) is 19.6 Å². The van der Waals surface area contributed by atoms with Crippen LogP contribution in [-0.4, -0.2) is 73.2 Å². The summed E-state index contributed by atoms with van der Waals surface area (Å²) in [7, 11) is 0. The summed E-state index contributed by atoms with van der Waals surface area (Å²) in [5, 5.41) is 7.98. The van der Waals surface area contributed by atoms with E-state index >= 15 is 0 Å². The molecule has 1 N–H and O–H groups in total. The molecule has 2 aromatic rings. The molecule has 2 fully saturated rings. The van der Waals surface area contributed by atoms with Crippen LogP contribution >= 0.6 is 11.6 Å². The van der Waals surface area contributed by atoms with Gasteiger partial charge in [0.1, 0.15) is 11.4 Å². The molecule has 2 saturated heterocycles. The molecule has 1 aromatic heterocycles. The fourth-order valence-electron chi connectivity index (χ4n) is 4.04. The molecule has 1 aromatic carbocycles. The van der Waals surface area contributed by atoms with E-state index in [2.05, 4.69) is 15.3 Å². The smallest absolute Gasteiger partial charge is 0.271 e. The van der Waals surface area contributed by atoms with E-state index in [4.69, 9.17) is 25.8 Å². The summed E-state index contributed by atoms with van der Waals surface area (Å²) in [4.78, 5) is 15.2. The Bertz CT molecular complexity index is 863. The van der Waals surface area contributed by atoms with Crippen LogP contribution < -0.4 is 10.1 Å². The zero-order valence-electron chi connectivity index (χ0n) is 17.6. The lowest BCUT2D eigenvalue weighted by Crippen LogP contribution is -2.50. The van der Waals surface area contributed by atoms with Crippen LogP contribution in [0.4, 0.5) is 0 Å². The Kier molecular flexibility index (Phi) is 7.45. The number of carbonyl (C=O) groups is 1. The predicted octanol–water partition coefficient (Wildman–Crippen LogP) is 2.43. The number of morpholine rings is 1. The third kappa shape index (κ3) is 5.98. The number of ether oxygens (including phenoxy) is 3. The molecular formula is C22H29ClN4O4. The van der Waals surface area contributed by atoms with Gasteiger partial charge in [-0.1, -0.05) is 23.7 Å². The van der Waals surface area contributed by atoms with Gasteiger partial charge in [0.05, 0.1) is 18.2 Å². The van der Waals surface area contributed by atoms with Gasteiger partial charge in [-0.25, -0.2) is 4.68 Å². The number of nitrogens with zero attached hydrogens (tertiary/aromatic N) is 3. The molecule has 8 nitrogen and oxygen atoms in total. The number of hydrogen-bond donors (Lipinski definition) is 1. The first-order valence-corrected chi connectivity index (χ1v) is 11.1. The molecule has 0 bridgehead atoms. The molecule has 168 valence electrons. The molecular weight excluding hydrogens is 420 g/mol. The van der Waals surface area contributed by atoms with Gasteiger partial charge >= 0.3 is 0 Å². The number of nitrogens with one attached hydrogen (secondary N) is 1. The number of benzene rings is 1. The van der Waals surface area contributed by atoms with Gasteiger partial charge in [0.2, 0.25) is 0 Å². The molecule has 0 aliphatic carbocycles. The zero-order valence-corrected chi connectivity index (χ0v) is 18.4. The largest absolute Gasteiger partial charge is 0.470 e. The van der Waals surface area contributed by atoms with E-state index in [9.17, 15) is 4.79 Å². The van der Waals surface area contributed by atoms with Crippen molar-refractivity contribution in [3.63, 3.8) is 0 Å². The van der Waals surface area contributed by atoms with Crippen molar-refractivity contribution in [2.24, 2.45) is 5.41 Å². The molecule has 9 heteroatoms. The summed E-state index contributed by atoms with van der Waals surface area (Å²) in [5.74, 6) is 0.402.